The van der Waals surface area contributed by atoms with Crippen LogP contribution < -0.4 is 33.2 Å². The van der Waals surface area contributed by atoms with E-state index in [4.69, 9.17) is 9.47 Å². The Labute approximate surface area is 384 Å². The molecular formula is C53H52O13. The molecular weight excluding hydrogens is 845 g/mol. The first-order valence-corrected chi connectivity index (χ1v) is 19.9. The van der Waals surface area contributed by atoms with Crippen molar-refractivity contribution in [2.24, 2.45) is 0 Å². The van der Waals surface area contributed by atoms with E-state index >= 15 is 0 Å². The first-order chi connectivity index (χ1) is 31.9. The van der Waals surface area contributed by atoms with E-state index in [1.807, 2.05) is 113 Å². The Morgan fingerprint density at radius 1 is 0.303 bits per heavy atom. The number of fused-ring (bicyclic) bond motifs is 1. The first kappa shape index (κ1) is 53.6. The van der Waals surface area contributed by atoms with Crippen LogP contribution >= 0.6 is 0 Å². The lowest BCUT2D eigenvalue weighted by Gasteiger charge is -2.05. The van der Waals surface area contributed by atoms with Crippen LogP contribution in [0.2, 0.25) is 0 Å². The van der Waals surface area contributed by atoms with E-state index < -0.39 is 0 Å². The highest BCUT2D eigenvalue weighted by Crippen LogP contribution is 2.24. The predicted octanol–water partition coefficient (Wildman–Crippen LogP) is 10.3. The second-order valence-corrected chi connectivity index (χ2v) is 13.7. The summed E-state index contributed by atoms with van der Waals surface area (Å²) in [4.78, 5) is 59.5. The van der Waals surface area contributed by atoms with Gasteiger partial charge >= 0.3 is 0 Å². The van der Waals surface area contributed by atoms with Crippen LogP contribution in [0, 0.1) is 41.5 Å². The van der Waals surface area contributed by atoms with Gasteiger partial charge in [0.25, 0.3) is 38.8 Å². The minimum absolute atomic E-state index is 0.393. The number of methoxy groups -OCH3 is 1. The van der Waals surface area contributed by atoms with Crippen molar-refractivity contribution < 1.29 is 61.9 Å². The molecule has 0 saturated heterocycles. The van der Waals surface area contributed by atoms with E-state index in [1.165, 1.54) is 5.56 Å². The standard InChI is InChI=1S/C12H10O2.C9H10O3.4C8H8O2/c1-9-2-3-11-7-12(14-8-13)5-4-10(11)6-9;1-7-3-4-8(12-6-10)5-9(7)11-2;3*1-7-2-4-8(5-3-7)10-6-9;1-7-3-2-4-8(5-7)10-6-9/h2-8H,1H3;3-6H,1-2H3;4*2-6H,1H3. The Morgan fingerprint density at radius 2 is 0.621 bits per heavy atom. The van der Waals surface area contributed by atoms with Gasteiger partial charge < -0.3 is 33.2 Å². The summed E-state index contributed by atoms with van der Waals surface area (Å²) in [6.45, 7) is 14.4. The molecule has 7 aromatic carbocycles. The molecule has 13 heteroatoms. The van der Waals surface area contributed by atoms with Gasteiger partial charge in [-0.25, -0.2) is 0 Å². The van der Waals surface area contributed by atoms with E-state index in [0.717, 1.165) is 38.6 Å². The third-order valence-electron chi connectivity index (χ3n) is 8.50. The van der Waals surface area contributed by atoms with Crippen molar-refractivity contribution in [3.63, 3.8) is 0 Å². The van der Waals surface area contributed by atoms with Crippen LogP contribution in [-0.4, -0.2) is 45.9 Å². The van der Waals surface area contributed by atoms with Crippen LogP contribution in [0.25, 0.3) is 10.8 Å². The van der Waals surface area contributed by atoms with Gasteiger partial charge in [0.15, 0.2) is 0 Å². The molecule has 0 amide bonds. The average molecular weight is 897 g/mol. The van der Waals surface area contributed by atoms with E-state index in [-0.39, 0.29) is 0 Å². The van der Waals surface area contributed by atoms with Gasteiger partial charge in [-0.3, -0.25) is 28.8 Å². The van der Waals surface area contributed by atoms with Crippen molar-refractivity contribution in [1.29, 1.82) is 0 Å². The number of rotatable bonds is 13. The molecule has 0 atom stereocenters. The van der Waals surface area contributed by atoms with Crippen molar-refractivity contribution in [2.75, 3.05) is 7.11 Å². The summed E-state index contributed by atoms with van der Waals surface area (Å²) in [5.41, 5.74) is 6.77. The van der Waals surface area contributed by atoms with Crippen LogP contribution in [0.15, 0.2) is 152 Å². The zero-order valence-corrected chi connectivity index (χ0v) is 37.7. The number of hydrogen-bond donors (Lipinski definition) is 0. The van der Waals surface area contributed by atoms with E-state index in [1.54, 1.807) is 73.8 Å². The summed E-state index contributed by atoms with van der Waals surface area (Å²) < 4.78 is 32.8. The minimum atomic E-state index is 0.393. The summed E-state index contributed by atoms with van der Waals surface area (Å²) >= 11 is 0. The van der Waals surface area contributed by atoms with Gasteiger partial charge in [0, 0.05) is 6.07 Å². The minimum Gasteiger partial charge on any atom is -0.496 e. The van der Waals surface area contributed by atoms with Gasteiger partial charge in [-0.05, 0) is 130 Å². The second kappa shape index (κ2) is 31.3. The molecule has 0 aliphatic heterocycles. The third kappa shape index (κ3) is 22.0. The monoisotopic (exact) mass is 896 g/mol. The van der Waals surface area contributed by atoms with Crippen molar-refractivity contribution >= 4 is 49.6 Å². The number of ether oxygens (including phenoxy) is 7. The van der Waals surface area contributed by atoms with Crippen LogP contribution in [0.1, 0.15) is 33.4 Å². The average Bonchev–Trinajstić information content (AvgIpc) is 3.31. The maximum Gasteiger partial charge on any atom is 0.298 e. The molecule has 0 aliphatic rings. The quantitative estimate of drug-likeness (QED) is 0.100. The Balaban J connectivity index is 0.000000274. The summed E-state index contributed by atoms with van der Waals surface area (Å²) in [6, 6.07) is 46.1. The van der Waals surface area contributed by atoms with Crippen LogP contribution in [0.3, 0.4) is 0 Å². The number of hydrogen-bond acceptors (Lipinski definition) is 13. The largest absolute Gasteiger partial charge is 0.496 e. The van der Waals surface area contributed by atoms with E-state index in [9.17, 15) is 28.8 Å². The first-order valence-electron chi connectivity index (χ1n) is 19.9. The van der Waals surface area contributed by atoms with Crippen molar-refractivity contribution in [1.82, 2.24) is 0 Å². The summed E-state index contributed by atoms with van der Waals surface area (Å²) in [6.07, 6.45) is 0. The SMILES string of the molecule is COc1cc(OC=O)ccc1C.Cc1ccc(OC=O)cc1.Cc1ccc(OC=O)cc1.Cc1ccc(OC=O)cc1.Cc1ccc2cc(OC=O)ccc2c1.Cc1cccc(OC=O)c1. The Kier molecular flexibility index (Phi) is 25.4. The van der Waals surface area contributed by atoms with Crippen LogP contribution in [-0.2, 0) is 28.8 Å². The third-order valence-corrected chi connectivity index (χ3v) is 8.50. The zero-order valence-electron chi connectivity index (χ0n) is 37.7. The number of aryl methyl sites for hydroxylation is 6. The van der Waals surface area contributed by atoms with Gasteiger partial charge in [-0.15, -0.1) is 0 Å². The molecule has 0 bridgehead atoms. The summed E-state index contributed by atoms with van der Waals surface area (Å²) in [7, 11) is 1.58. The molecule has 0 spiro atoms. The molecule has 66 heavy (non-hydrogen) atoms. The molecule has 0 radical (unpaired) electrons. The molecule has 0 N–H and O–H groups in total. The molecule has 0 heterocycles. The van der Waals surface area contributed by atoms with Gasteiger partial charge in [0.2, 0.25) is 0 Å². The number of benzene rings is 7. The lowest BCUT2D eigenvalue weighted by Crippen LogP contribution is -1.91. The second-order valence-electron chi connectivity index (χ2n) is 13.7. The number of carbonyl (C=O) groups is 6. The highest BCUT2D eigenvalue weighted by molar-refractivity contribution is 5.84. The molecule has 0 fully saturated rings. The topological polar surface area (TPSA) is 167 Å². The smallest absolute Gasteiger partial charge is 0.298 e. The van der Waals surface area contributed by atoms with Gasteiger partial charge in [-0.1, -0.05) is 101 Å². The number of carbonyl (C=O) groups excluding carboxylic acids is 6. The van der Waals surface area contributed by atoms with Crippen LogP contribution in [0.4, 0.5) is 0 Å². The molecule has 13 nitrogen and oxygen atoms in total. The summed E-state index contributed by atoms with van der Waals surface area (Å²) in [5, 5.41) is 2.23. The molecule has 0 aliphatic carbocycles. The van der Waals surface area contributed by atoms with Crippen molar-refractivity contribution in [3.8, 4) is 40.2 Å². The molecule has 0 unspecified atom stereocenters. The predicted molar refractivity (Wildman–Crippen MR) is 251 cm³/mol. The van der Waals surface area contributed by atoms with Crippen LogP contribution in [0.5, 0.6) is 40.2 Å². The van der Waals surface area contributed by atoms with E-state index in [2.05, 4.69) is 36.7 Å². The summed E-state index contributed by atoms with van der Waals surface area (Å²) in [5.74, 6) is 4.13. The Hall–Kier alpha value is -8.58. The molecule has 342 valence electrons. The molecule has 7 aromatic rings. The highest BCUT2D eigenvalue weighted by atomic mass is 16.5. The maximum atomic E-state index is 10.1. The Bertz CT molecular complexity index is 2410. The lowest BCUT2D eigenvalue weighted by molar-refractivity contribution is -0.121. The fourth-order valence-electron chi connectivity index (χ4n) is 5.16. The molecule has 7 rings (SSSR count). The van der Waals surface area contributed by atoms with Gasteiger partial charge in [0.05, 0.1) is 7.11 Å². The fourth-order valence-corrected chi connectivity index (χ4v) is 5.16. The molecule has 0 aromatic heterocycles. The van der Waals surface area contributed by atoms with Gasteiger partial charge in [-0.2, -0.15) is 0 Å². The van der Waals surface area contributed by atoms with Gasteiger partial charge in [0.1, 0.15) is 40.2 Å². The highest BCUT2D eigenvalue weighted by Gasteiger charge is 2.00. The zero-order chi connectivity index (χ0) is 48.5. The van der Waals surface area contributed by atoms with E-state index in [0.29, 0.717) is 79.1 Å². The molecule has 0 saturated carbocycles. The van der Waals surface area contributed by atoms with Crippen molar-refractivity contribution in [3.05, 3.63) is 185 Å². The maximum absolute atomic E-state index is 10.1. The van der Waals surface area contributed by atoms with Crippen molar-refractivity contribution in [2.45, 2.75) is 41.5 Å². The lowest BCUT2D eigenvalue weighted by atomic mass is 10.1. The Morgan fingerprint density at radius 3 is 1.03 bits per heavy atom. The normalized spacial score (nSPS) is 9.20. The fraction of sp³-hybridized carbons (Fsp3) is 0.132.